The molecule has 36 heavy (non-hydrogen) atoms. The van der Waals surface area contributed by atoms with E-state index in [1.165, 1.54) is 16.4 Å². The summed E-state index contributed by atoms with van der Waals surface area (Å²) in [6.45, 7) is 4.14. The number of hydrogen-bond donors (Lipinski definition) is 2. The van der Waals surface area contributed by atoms with Gasteiger partial charge in [-0.05, 0) is 57.7 Å². The molecule has 194 valence electrons. The number of fused-ring (bicyclic) bond motifs is 1. The number of aliphatic hydroxyl groups excluding tert-OH is 1. The van der Waals surface area contributed by atoms with Crippen LogP contribution >= 0.6 is 0 Å². The van der Waals surface area contributed by atoms with E-state index in [1.807, 2.05) is 6.92 Å². The summed E-state index contributed by atoms with van der Waals surface area (Å²) < 4.78 is 36.0. The Hall–Kier alpha value is -2.76. The Morgan fingerprint density at radius 1 is 1.17 bits per heavy atom. The highest BCUT2D eigenvalue weighted by Gasteiger charge is 2.34. The Labute approximate surface area is 210 Å². The van der Waals surface area contributed by atoms with Crippen molar-refractivity contribution in [2.24, 2.45) is 0 Å². The highest BCUT2D eigenvalue weighted by Crippen LogP contribution is 2.35. The van der Waals surface area contributed by atoms with Gasteiger partial charge in [-0.1, -0.05) is 19.3 Å². The van der Waals surface area contributed by atoms with Crippen LogP contribution < -0.4 is 10.3 Å². The minimum atomic E-state index is -3.88. The number of rotatable bonds is 7. The monoisotopic (exact) mass is 515 g/mol. The van der Waals surface area contributed by atoms with E-state index < -0.39 is 16.1 Å². The molecule has 0 radical (unpaired) electrons. The average Bonchev–Trinajstić information content (AvgIpc) is 3.52. The summed E-state index contributed by atoms with van der Waals surface area (Å²) in [6.07, 6.45) is 6.49. The maximum atomic E-state index is 13.6. The molecule has 2 aromatic heterocycles. The molecule has 11 heteroatoms. The first-order valence-electron chi connectivity index (χ1n) is 12.7. The number of sulfonamides is 1. The van der Waals surface area contributed by atoms with Crippen LogP contribution in [0.5, 0.6) is 5.75 Å². The van der Waals surface area contributed by atoms with Gasteiger partial charge in [-0.3, -0.25) is 4.79 Å². The van der Waals surface area contributed by atoms with E-state index in [0.29, 0.717) is 42.1 Å². The summed E-state index contributed by atoms with van der Waals surface area (Å²) in [5, 5.41) is 14.5. The molecule has 3 aromatic rings. The first-order valence-corrected chi connectivity index (χ1v) is 14.2. The van der Waals surface area contributed by atoms with Crippen molar-refractivity contribution >= 4 is 15.5 Å². The molecule has 2 N–H and O–H groups in total. The number of nitrogens with zero attached hydrogens (tertiary/aromatic N) is 4. The lowest BCUT2D eigenvalue weighted by Gasteiger charge is -2.33. The molecule has 1 aromatic carbocycles. The highest BCUT2D eigenvalue weighted by atomic mass is 32.2. The molecule has 1 aliphatic heterocycles. The summed E-state index contributed by atoms with van der Waals surface area (Å²) in [7, 11) is -3.88. The molecule has 1 saturated carbocycles. The van der Waals surface area contributed by atoms with Crippen molar-refractivity contribution in [2.45, 2.75) is 75.6 Å². The number of imidazole rings is 1. The number of ether oxygens (including phenoxy) is 1. The van der Waals surface area contributed by atoms with Gasteiger partial charge in [-0.15, -0.1) is 5.10 Å². The van der Waals surface area contributed by atoms with Crippen LogP contribution in [0.2, 0.25) is 0 Å². The zero-order chi connectivity index (χ0) is 25.4. The standard InChI is InChI=1S/C25H33N5O5S/c1-3-35-21-12-11-19(36(33,34)29-13-7-6-10-18(29)15-31)14-20(21)23-27-25(32)22-16(2)26-24(30(22)28-23)17-8-4-5-9-17/h11-12,14,17-18,31H,3-10,13,15H2,1-2H3,(H,27,28,32). The second-order valence-corrected chi connectivity index (χ2v) is 11.5. The van der Waals surface area contributed by atoms with Gasteiger partial charge in [0, 0.05) is 18.5 Å². The fourth-order valence-electron chi connectivity index (χ4n) is 5.51. The number of aromatic nitrogens is 4. The minimum absolute atomic E-state index is 0.0712. The fourth-order valence-corrected chi connectivity index (χ4v) is 7.22. The Kier molecular flexibility index (Phi) is 6.88. The van der Waals surface area contributed by atoms with Gasteiger partial charge >= 0.3 is 0 Å². The SMILES string of the molecule is CCOc1ccc(S(=O)(=O)N2CCCCC2CO)cc1-c1nn2c(C3CCCC3)nc(C)c2c(=O)[nH]1. The number of aromatic amines is 1. The normalized spacial score (nSPS) is 19.8. The summed E-state index contributed by atoms with van der Waals surface area (Å²) >= 11 is 0. The Morgan fingerprint density at radius 3 is 2.64 bits per heavy atom. The smallest absolute Gasteiger partial charge is 0.277 e. The number of hydrogen-bond acceptors (Lipinski definition) is 7. The number of nitrogens with one attached hydrogen (secondary N) is 1. The number of H-pyrrole nitrogens is 1. The van der Waals surface area contributed by atoms with Crippen molar-refractivity contribution < 1.29 is 18.3 Å². The zero-order valence-electron chi connectivity index (χ0n) is 20.7. The lowest BCUT2D eigenvalue weighted by atomic mass is 10.1. The van der Waals surface area contributed by atoms with Crippen LogP contribution in [-0.2, 0) is 10.0 Å². The van der Waals surface area contributed by atoms with E-state index in [2.05, 4.69) is 9.97 Å². The molecule has 5 rings (SSSR count). The molecular weight excluding hydrogens is 482 g/mol. The summed E-state index contributed by atoms with van der Waals surface area (Å²) in [4.78, 5) is 20.7. The van der Waals surface area contributed by atoms with Crippen molar-refractivity contribution in [1.82, 2.24) is 23.9 Å². The average molecular weight is 516 g/mol. The molecular formula is C25H33N5O5S. The lowest BCUT2D eigenvalue weighted by molar-refractivity contribution is 0.155. The maximum Gasteiger partial charge on any atom is 0.277 e. The number of aliphatic hydroxyl groups is 1. The molecule has 1 unspecified atom stereocenters. The summed E-state index contributed by atoms with van der Waals surface area (Å²) in [5.74, 6) is 1.66. The van der Waals surface area contributed by atoms with Crippen molar-refractivity contribution in [3.63, 3.8) is 0 Å². The van der Waals surface area contributed by atoms with E-state index in [0.717, 1.165) is 44.3 Å². The van der Waals surface area contributed by atoms with Gasteiger partial charge in [0.15, 0.2) is 11.3 Å². The largest absolute Gasteiger partial charge is 0.493 e. The first-order chi connectivity index (χ1) is 17.3. The first kappa shape index (κ1) is 24.9. The molecule has 1 saturated heterocycles. The van der Waals surface area contributed by atoms with Gasteiger partial charge in [0.05, 0.1) is 29.4 Å². The van der Waals surface area contributed by atoms with E-state index in [1.54, 1.807) is 17.5 Å². The third-order valence-electron chi connectivity index (χ3n) is 7.32. The van der Waals surface area contributed by atoms with Crippen LogP contribution in [0, 0.1) is 6.92 Å². The van der Waals surface area contributed by atoms with Crippen molar-refractivity contribution in [1.29, 1.82) is 0 Å². The molecule has 2 fully saturated rings. The maximum absolute atomic E-state index is 13.6. The zero-order valence-corrected chi connectivity index (χ0v) is 21.6. The molecule has 2 aliphatic rings. The number of aryl methyl sites for hydroxylation is 1. The second-order valence-electron chi connectivity index (χ2n) is 9.64. The van der Waals surface area contributed by atoms with Gasteiger partial charge in [0.25, 0.3) is 5.56 Å². The van der Waals surface area contributed by atoms with Crippen LogP contribution in [0.15, 0.2) is 27.9 Å². The number of piperidine rings is 1. The minimum Gasteiger partial charge on any atom is -0.493 e. The van der Waals surface area contributed by atoms with Crippen LogP contribution in [0.4, 0.5) is 0 Å². The Bertz CT molecular complexity index is 1420. The molecule has 1 aliphatic carbocycles. The van der Waals surface area contributed by atoms with Crippen LogP contribution in [0.1, 0.15) is 69.3 Å². The van der Waals surface area contributed by atoms with Gasteiger partial charge in [0.2, 0.25) is 10.0 Å². The predicted octanol–water partition coefficient (Wildman–Crippen LogP) is 2.98. The predicted molar refractivity (Wildman–Crippen MR) is 135 cm³/mol. The molecule has 1 atom stereocenters. The van der Waals surface area contributed by atoms with Gasteiger partial charge < -0.3 is 14.8 Å². The van der Waals surface area contributed by atoms with E-state index in [4.69, 9.17) is 9.84 Å². The van der Waals surface area contributed by atoms with E-state index in [-0.39, 0.29) is 28.8 Å². The highest BCUT2D eigenvalue weighted by molar-refractivity contribution is 7.89. The van der Waals surface area contributed by atoms with Gasteiger partial charge in [-0.2, -0.15) is 4.31 Å². The van der Waals surface area contributed by atoms with E-state index >= 15 is 0 Å². The van der Waals surface area contributed by atoms with Crippen molar-refractivity contribution in [2.75, 3.05) is 19.8 Å². The fraction of sp³-hybridized carbons (Fsp3) is 0.560. The molecule has 3 heterocycles. The van der Waals surface area contributed by atoms with Gasteiger partial charge in [0.1, 0.15) is 11.6 Å². The Morgan fingerprint density at radius 2 is 1.92 bits per heavy atom. The third kappa shape index (κ3) is 4.33. The Balaban J connectivity index is 1.65. The van der Waals surface area contributed by atoms with Crippen LogP contribution in [0.3, 0.4) is 0 Å². The number of benzene rings is 1. The van der Waals surface area contributed by atoms with Crippen LogP contribution in [-0.4, -0.2) is 63.2 Å². The second kappa shape index (κ2) is 9.95. The molecule has 0 spiro atoms. The molecule has 10 nitrogen and oxygen atoms in total. The lowest BCUT2D eigenvalue weighted by Crippen LogP contribution is -2.45. The third-order valence-corrected chi connectivity index (χ3v) is 9.27. The summed E-state index contributed by atoms with van der Waals surface area (Å²) in [6, 6.07) is 4.17. The summed E-state index contributed by atoms with van der Waals surface area (Å²) in [5.41, 5.74) is 1.08. The van der Waals surface area contributed by atoms with Crippen molar-refractivity contribution in [3.8, 4) is 17.1 Å². The van der Waals surface area contributed by atoms with Crippen molar-refractivity contribution in [3.05, 3.63) is 40.1 Å². The topological polar surface area (TPSA) is 130 Å². The van der Waals surface area contributed by atoms with Crippen LogP contribution in [0.25, 0.3) is 16.9 Å². The molecule has 0 amide bonds. The molecule has 0 bridgehead atoms. The quantitative estimate of drug-likeness (QED) is 0.495. The van der Waals surface area contributed by atoms with Gasteiger partial charge in [-0.25, -0.2) is 17.9 Å². The van der Waals surface area contributed by atoms with E-state index in [9.17, 15) is 18.3 Å².